The quantitative estimate of drug-likeness (QED) is 0.339. The van der Waals surface area contributed by atoms with Crippen LogP contribution in [0, 0.1) is 0 Å². The molecular formula is C24H45N3O2Sn. The van der Waals surface area contributed by atoms with Crippen LogP contribution >= 0.6 is 0 Å². The number of unbranched alkanes of at least 4 members (excludes halogenated alkanes) is 3. The molecule has 0 aliphatic carbocycles. The van der Waals surface area contributed by atoms with E-state index in [9.17, 15) is 4.79 Å². The number of hydrogen-bond donors (Lipinski definition) is 0. The predicted octanol–water partition coefficient (Wildman–Crippen LogP) is 6.25. The van der Waals surface area contributed by atoms with Gasteiger partial charge in [-0.15, -0.1) is 0 Å². The predicted molar refractivity (Wildman–Crippen MR) is 128 cm³/mol. The Bertz CT molecular complexity index is 659. The van der Waals surface area contributed by atoms with E-state index in [0.29, 0.717) is 13.1 Å². The van der Waals surface area contributed by atoms with Gasteiger partial charge in [-0.3, -0.25) is 0 Å². The molecule has 2 rings (SSSR count). The average Bonchev–Trinajstić information content (AvgIpc) is 3.12. The third-order valence-electron chi connectivity index (χ3n) is 6.29. The molecule has 0 aromatic carbocycles. The van der Waals surface area contributed by atoms with Gasteiger partial charge in [-0.1, -0.05) is 0 Å². The molecule has 0 unspecified atom stereocenters. The van der Waals surface area contributed by atoms with E-state index in [1.807, 2.05) is 25.7 Å². The maximum absolute atomic E-state index is 12.7. The van der Waals surface area contributed by atoms with E-state index in [0.717, 1.165) is 0 Å². The summed E-state index contributed by atoms with van der Waals surface area (Å²) in [7, 11) is 0. The van der Waals surface area contributed by atoms with Crippen LogP contribution < -0.4 is 3.71 Å². The zero-order valence-electron chi connectivity index (χ0n) is 20.6. The number of amides is 1. The molecular weight excluding hydrogens is 481 g/mol. The van der Waals surface area contributed by atoms with Gasteiger partial charge in [0.05, 0.1) is 0 Å². The SMILES string of the molecule is CCC[CH2][Sn]([CH2]CCC)([CH2]CCC)[c]1cc2n(n1)[C@@H](C)CN(C(=O)OC(C)(C)C)C2. The monoisotopic (exact) mass is 527 g/mol. The van der Waals surface area contributed by atoms with Crippen LogP contribution in [0.2, 0.25) is 13.3 Å². The fourth-order valence-corrected chi connectivity index (χ4v) is 20.0. The first-order chi connectivity index (χ1) is 14.2. The summed E-state index contributed by atoms with van der Waals surface area (Å²) in [5, 5.41) is 5.26. The summed E-state index contributed by atoms with van der Waals surface area (Å²) in [6.45, 7) is 16.2. The van der Waals surface area contributed by atoms with Gasteiger partial charge >= 0.3 is 189 Å². The van der Waals surface area contributed by atoms with Gasteiger partial charge < -0.3 is 0 Å². The van der Waals surface area contributed by atoms with Gasteiger partial charge in [-0.05, 0) is 0 Å². The number of ether oxygens (including phenoxy) is 1. The van der Waals surface area contributed by atoms with Gasteiger partial charge in [0, 0.05) is 0 Å². The molecule has 6 heteroatoms. The molecule has 1 amide bonds. The Morgan fingerprint density at radius 1 is 1.10 bits per heavy atom. The second kappa shape index (κ2) is 11.2. The van der Waals surface area contributed by atoms with Crippen molar-refractivity contribution in [3.8, 4) is 0 Å². The minimum atomic E-state index is -2.56. The van der Waals surface area contributed by atoms with Gasteiger partial charge in [0.25, 0.3) is 0 Å². The third-order valence-corrected chi connectivity index (χ3v) is 21.3. The van der Waals surface area contributed by atoms with Gasteiger partial charge in [-0.25, -0.2) is 0 Å². The Hall–Kier alpha value is -0.721. The second-order valence-corrected chi connectivity index (χ2v) is 23.3. The summed E-state index contributed by atoms with van der Waals surface area (Å²) in [6, 6.07) is 2.59. The molecule has 0 fully saturated rings. The van der Waals surface area contributed by atoms with Crippen LogP contribution in [0.15, 0.2) is 6.07 Å². The number of fused-ring (bicyclic) bond motifs is 1. The summed E-state index contributed by atoms with van der Waals surface area (Å²) in [5.41, 5.74) is 0.732. The second-order valence-electron chi connectivity index (χ2n) is 10.3. The van der Waals surface area contributed by atoms with Crippen molar-refractivity contribution in [1.29, 1.82) is 0 Å². The minimum absolute atomic E-state index is 0.197. The molecule has 172 valence electrons. The standard InChI is InChI=1S/C12H18N3O2.3C4H9.Sn/c1-9-7-14(11(16)17-12(2,3)4)8-10-5-6-13-15(9)10;3*1-3-4-2;/h5,9H,7-8H2,1-4H3;3*1,3-4H2,2H3;/t9-;;;;/m0..../s1. The van der Waals surface area contributed by atoms with Crippen LogP contribution in [0.25, 0.3) is 0 Å². The molecule has 1 aliphatic rings. The van der Waals surface area contributed by atoms with E-state index in [2.05, 4.69) is 38.4 Å². The van der Waals surface area contributed by atoms with Crippen LogP contribution in [-0.4, -0.2) is 51.3 Å². The van der Waals surface area contributed by atoms with Crippen LogP contribution in [0.5, 0.6) is 0 Å². The summed E-state index contributed by atoms with van der Waals surface area (Å²) in [5.74, 6) is 0. The summed E-state index contributed by atoms with van der Waals surface area (Å²) >= 11 is -2.56. The fraction of sp³-hybridized carbons (Fsp3) is 0.833. The van der Waals surface area contributed by atoms with Crippen molar-refractivity contribution in [3.63, 3.8) is 0 Å². The van der Waals surface area contributed by atoms with Crippen molar-refractivity contribution in [1.82, 2.24) is 14.7 Å². The number of rotatable bonds is 10. The van der Waals surface area contributed by atoms with Crippen molar-refractivity contribution >= 4 is 28.2 Å². The Morgan fingerprint density at radius 2 is 1.63 bits per heavy atom. The average molecular weight is 526 g/mol. The van der Waals surface area contributed by atoms with Gasteiger partial charge in [0.1, 0.15) is 0 Å². The molecule has 1 atom stereocenters. The van der Waals surface area contributed by atoms with E-state index >= 15 is 0 Å². The Morgan fingerprint density at radius 3 is 2.10 bits per heavy atom. The van der Waals surface area contributed by atoms with Gasteiger partial charge in [-0.2, -0.15) is 0 Å². The van der Waals surface area contributed by atoms with Crippen molar-refractivity contribution in [3.05, 3.63) is 11.8 Å². The van der Waals surface area contributed by atoms with Crippen molar-refractivity contribution in [2.75, 3.05) is 6.54 Å². The van der Waals surface area contributed by atoms with Crippen LogP contribution in [0.1, 0.15) is 98.7 Å². The third kappa shape index (κ3) is 6.64. The zero-order valence-corrected chi connectivity index (χ0v) is 23.4. The summed E-state index contributed by atoms with van der Waals surface area (Å²) in [4.78, 5) is 14.5. The molecule has 0 spiro atoms. The zero-order chi connectivity index (χ0) is 22.4. The summed E-state index contributed by atoms with van der Waals surface area (Å²) in [6.07, 6.45) is 7.62. The molecule has 5 nitrogen and oxygen atoms in total. The van der Waals surface area contributed by atoms with Crippen LogP contribution in [-0.2, 0) is 11.3 Å². The Balaban J connectivity index is 2.33. The molecule has 0 radical (unpaired) electrons. The first-order valence-electron chi connectivity index (χ1n) is 12.2. The fourth-order valence-electron chi connectivity index (χ4n) is 4.62. The van der Waals surface area contributed by atoms with Crippen LogP contribution in [0.3, 0.4) is 0 Å². The van der Waals surface area contributed by atoms with Crippen LogP contribution in [0.4, 0.5) is 4.79 Å². The molecule has 0 N–H and O–H groups in total. The van der Waals surface area contributed by atoms with E-state index < -0.39 is 24.0 Å². The number of nitrogens with zero attached hydrogens (tertiary/aromatic N) is 3. The molecule has 1 aliphatic heterocycles. The molecule has 1 aromatic heterocycles. The molecule has 0 bridgehead atoms. The topological polar surface area (TPSA) is 47.4 Å². The number of hydrogen-bond acceptors (Lipinski definition) is 3. The molecule has 0 saturated heterocycles. The normalized spacial score (nSPS) is 17.2. The van der Waals surface area contributed by atoms with Gasteiger partial charge in [0.2, 0.25) is 0 Å². The van der Waals surface area contributed by atoms with Crippen molar-refractivity contribution < 1.29 is 9.53 Å². The van der Waals surface area contributed by atoms with E-state index in [1.165, 1.54) is 61.2 Å². The van der Waals surface area contributed by atoms with E-state index in [4.69, 9.17) is 9.84 Å². The molecule has 1 aromatic rings. The van der Waals surface area contributed by atoms with Gasteiger partial charge in [0.15, 0.2) is 0 Å². The first kappa shape index (κ1) is 25.5. The number of carbonyl (C=O) groups excluding carboxylic acids is 1. The molecule has 30 heavy (non-hydrogen) atoms. The molecule has 0 saturated carbocycles. The summed E-state index contributed by atoms with van der Waals surface area (Å²) < 4.78 is 13.6. The van der Waals surface area contributed by atoms with E-state index in [-0.39, 0.29) is 12.1 Å². The maximum atomic E-state index is 12.7. The number of carbonyl (C=O) groups is 1. The number of aromatic nitrogens is 2. The van der Waals surface area contributed by atoms with Crippen molar-refractivity contribution in [2.45, 2.75) is 118 Å². The van der Waals surface area contributed by atoms with E-state index in [1.54, 1.807) is 0 Å². The first-order valence-corrected chi connectivity index (χ1v) is 19.7. The molecule has 2 heterocycles. The van der Waals surface area contributed by atoms with Crippen molar-refractivity contribution in [2.24, 2.45) is 0 Å². The Labute approximate surface area is 188 Å². The Kier molecular flexibility index (Phi) is 9.56.